The van der Waals surface area contributed by atoms with Crippen LogP contribution in [-0.4, -0.2) is 67.0 Å². The average molecular weight is 347 g/mol. The number of nitrogens with zero attached hydrogens (tertiary/aromatic N) is 5. The van der Waals surface area contributed by atoms with Gasteiger partial charge in [0.05, 0.1) is 13.2 Å². The van der Waals surface area contributed by atoms with Crippen molar-refractivity contribution in [1.82, 2.24) is 25.1 Å². The van der Waals surface area contributed by atoms with Gasteiger partial charge in [-0.15, -0.1) is 10.2 Å². The van der Waals surface area contributed by atoms with Gasteiger partial charge >= 0.3 is 0 Å². The van der Waals surface area contributed by atoms with Crippen molar-refractivity contribution in [2.45, 2.75) is 19.1 Å². The number of carbonyl (C=O) groups is 1. The molecule has 0 radical (unpaired) electrons. The molecule has 25 heavy (non-hydrogen) atoms. The van der Waals surface area contributed by atoms with Crippen molar-refractivity contribution in [2.24, 2.45) is 0 Å². The summed E-state index contributed by atoms with van der Waals surface area (Å²) in [6.45, 7) is 0.266. The molecule has 3 rings (SSSR count). The Morgan fingerprint density at radius 1 is 1.40 bits per heavy atom. The minimum Gasteiger partial charge on any atom is -0.393 e. The molecule has 0 saturated heterocycles. The molecule has 0 spiro atoms. The van der Waals surface area contributed by atoms with Gasteiger partial charge in [-0.25, -0.2) is 4.39 Å². The van der Waals surface area contributed by atoms with Crippen LogP contribution >= 0.6 is 0 Å². The highest BCUT2D eigenvalue weighted by atomic mass is 19.1. The smallest absolute Gasteiger partial charge is 0.254 e. The van der Waals surface area contributed by atoms with Gasteiger partial charge in [0.2, 0.25) is 0 Å². The lowest BCUT2D eigenvalue weighted by Gasteiger charge is -2.28. The number of carbonyl (C=O) groups excluding carboxylic acids is 1. The Bertz CT molecular complexity index is 778. The van der Waals surface area contributed by atoms with Crippen LogP contribution < -0.4 is 0 Å². The molecule has 2 heterocycles. The standard InChI is InChI=1S/C16H18FN5O3/c17-13-3-1-2-12(8-22-19-10-18-20-22)15(13)11-4-6-21(7-5-11)16(25)14(24)9-23/h1-4,10,14,23-24H,5-9H2/t14-/m0/s1. The molecule has 9 heteroatoms. The van der Waals surface area contributed by atoms with E-state index >= 15 is 0 Å². The lowest BCUT2D eigenvalue weighted by molar-refractivity contribution is -0.141. The van der Waals surface area contributed by atoms with Gasteiger partial charge in [-0.3, -0.25) is 4.79 Å². The molecule has 2 aromatic rings. The molecule has 1 aliphatic rings. The summed E-state index contributed by atoms with van der Waals surface area (Å²) in [7, 11) is 0. The van der Waals surface area contributed by atoms with E-state index in [1.54, 1.807) is 18.2 Å². The second kappa shape index (κ2) is 7.49. The van der Waals surface area contributed by atoms with Gasteiger partial charge in [0.1, 0.15) is 5.82 Å². The third kappa shape index (κ3) is 3.72. The summed E-state index contributed by atoms with van der Waals surface area (Å²) < 4.78 is 14.4. The molecule has 1 aliphatic heterocycles. The summed E-state index contributed by atoms with van der Waals surface area (Å²) in [5.41, 5.74) is 1.99. The monoisotopic (exact) mass is 347 g/mol. The first-order valence-electron chi connectivity index (χ1n) is 7.85. The number of hydrogen-bond donors (Lipinski definition) is 2. The Balaban J connectivity index is 1.83. The van der Waals surface area contributed by atoms with Crippen LogP contribution in [0, 0.1) is 5.82 Å². The van der Waals surface area contributed by atoms with E-state index in [2.05, 4.69) is 15.4 Å². The SMILES string of the molecule is O=C([C@@H](O)CO)N1CC=C(c2c(F)cccc2Cn2ncnn2)CC1. The van der Waals surface area contributed by atoms with Crippen LogP contribution in [0.1, 0.15) is 17.5 Å². The van der Waals surface area contributed by atoms with Gasteiger partial charge in [0.15, 0.2) is 12.4 Å². The van der Waals surface area contributed by atoms with Crippen molar-refractivity contribution in [1.29, 1.82) is 0 Å². The molecule has 1 aromatic carbocycles. The fourth-order valence-corrected chi connectivity index (χ4v) is 2.86. The van der Waals surface area contributed by atoms with E-state index in [0.717, 1.165) is 11.1 Å². The van der Waals surface area contributed by atoms with E-state index in [1.807, 2.05) is 0 Å². The molecule has 2 N–H and O–H groups in total. The highest BCUT2D eigenvalue weighted by Crippen LogP contribution is 2.28. The molecule has 132 valence electrons. The predicted molar refractivity (Wildman–Crippen MR) is 85.6 cm³/mol. The van der Waals surface area contributed by atoms with Crippen LogP contribution in [0.4, 0.5) is 4.39 Å². The number of amides is 1. The van der Waals surface area contributed by atoms with E-state index in [-0.39, 0.29) is 18.9 Å². The van der Waals surface area contributed by atoms with Crippen LogP contribution in [0.5, 0.6) is 0 Å². The van der Waals surface area contributed by atoms with Crippen LogP contribution in [0.15, 0.2) is 30.6 Å². The highest BCUT2D eigenvalue weighted by molar-refractivity contribution is 5.82. The number of aliphatic hydroxyl groups excluding tert-OH is 2. The topological polar surface area (TPSA) is 104 Å². The molecule has 0 saturated carbocycles. The number of halogens is 1. The number of benzene rings is 1. The fraction of sp³-hybridized carbons (Fsp3) is 0.375. The Morgan fingerprint density at radius 2 is 2.24 bits per heavy atom. The van der Waals surface area contributed by atoms with E-state index in [9.17, 15) is 14.3 Å². The summed E-state index contributed by atoms with van der Waals surface area (Å²) in [6, 6.07) is 4.82. The Kier molecular flexibility index (Phi) is 5.15. The number of tetrazole rings is 1. The predicted octanol–water partition coefficient (Wildman–Crippen LogP) is -0.171. The van der Waals surface area contributed by atoms with Gasteiger partial charge in [-0.2, -0.15) is 4.80 Å². The second-order valence-corrected chi connectivity index (χ2v) is 5.70. The Morgan fingerprint density at radius 3 is 2.88 bits per heavy atom. The highest BCUT2D eigenvalue weighted by Gasteiger charge is 2.25. The van der Waals surface area contributed by atoms with Gasteiger partial charge < -0.3 is 15.1 Å². The maximum Gasteiger partial charge on any atom is 0.254 e. The quantitative estimate of drug-likeness (QED) is 0.778. The Hall–Kier alpha value is -2.65. The zero-order valence-electron chi connectivity index (χ0n) is 13.4. The van der Waals surface area contributed by atoms with Crippen molar-refractivity contribution in [2.75, 3.05) is 19.7 Å². The van der Waals surface area contributed by atoms with Crippen molar-refractivity contribution < 1.29 is 19.4 Å². The lowest BCUT2D eigenvalue weighted by atomic mass is 9.94. The molecule has 1 atom stereocenters. The first-order valence-corrected chi connectivity index (χ1v) is 7.85. The molecule has 1 amide bonds. The third-order valence-corrected chi connectivity index (χ3v) is 4.10. The summed E-state index contributed by atoms with van der Waals surface area (Å²) >= 11 is 0. The van der Waals surface area contributed by atoms with Crippen molar-refractivity contribution in [3.05, 3.63) is 47.5 Å². The Labute approximate surface area is 143 Å². The van der Waals surface area contributed by atoms with Crippen LogP contribution in [-0.2, 0) is 11.3 Å². The van der Waals surface area contributed by atoms with Crippen molar-refractivity contribution in [3.8, 4) is 0 Å². The largest absolute Gasteiger partial charge is 0.393 e. The maximum absolute atomic E-state index is 14.4. The molecular weight excluding hydrogens is 329 g/mol. The number of rotatable bonds is 5. The minimum absolute atomic E-state index is 0.251. The van der Waals surface area contributed by atoms with Crippen LogP contribution in [0.2, 0.25) is 0 Å². The number of aliphatic hydroxyl groups is 2. The van der Waals surface area contributed by atoms with Gasteiger partial charge in [-0.1, -0.05) is 18.2 Å². The van der Waals surface area contributed by atoms with Crippen LogP contribution in [0.3, 0.4) is 0 Å². The summed E-state index contributed by atoms with van der Waals surface area (Å²) in [6.07, 6.45) is 2.11. The number of aromatic nitrogens is 4. The van der Waals surface area contributed by atoms with E-state index in [4.69, 9.17) is 5.11 Å². The summed E-state index contributed by atoms with van der Waals surface area (Å²) in [5, 5.41) is 29.7. The van der Waals surface area contributed by atoms with Gasteiger partial charge in [0, 0.05) is 18.7 Å². The van der Waals surface area contributed by atoms with E-state index in [0.29, 0.717) is 18.5 Å². The normalized spacial score (nSPS) is 15.8. The fourth-order valence-electron chi connectivity index (χ4n) is 2.86. The molecule has 0 fully saturated rings. The third-order valence-electron chi connectivity index (χ3n) is 4.10. The van der Waals surface area contributed by atoms with Crippen molar-refractivity contribution in [3.63, 3.8) is 0 Å². The zero-order chi connectivity index (χ0) is 17.8. The zero-order valence-corrected chi connectivity index (χ0v) is 13.4. The molecule has 0 unspecified atom stereocenters. The summed E-state index contributed by atoms with van der Waals surface area (Å²) in [4.78, 5) is 14.7. The molecule has 0 bridgehead atoms. The van der Waals surface area contributed by atoms with Crippen LogP contribution in [0.25, 0.3) is 5.57 Å². The molecule has 0 aliphatic carbocycles. The maximum atomic E-state index is 14.4. The second-order valence-electron chi connectivity index (χ2n) is 5.70. The number of hydrogen-bond acceptors (Lipinski definition) is 6. The average Bonchev–Trinajstić information content (AvgIpc) is 3.14. The van der Waals surface area contributed by atoms with E-state index in [1.165, 1.54) is 22.1 Å². The summed E-state index contributed by atoms with van der Waals surface area (Å²) in [5.74, 6) is -0.877. The first kappa shape index (κ1) is 17.2. The van der Waals surface area contributed by atoms with Gasteiger partial charge in [0.25, 0.3) is 5.91 Å². The minimum atomic E-state index is -1.42. The van der Waals surface area contributed by atoms with Gasteiger partial charge in [-0.05, 0) is 28.8 Å². The lowest BCUT2D eigenvalue weighted by Crippen LogP contribution is -2.42. The molecule has 1 aromatic heterocycles. The molecular formula is C16H18FN5O3. The van der Waals surface area contributed by atoms with Crippen molar-refractivity contribution >= 4 is 11.5 Å². The molecule has 8 nitrogen and oxygen atoms in total. The van der Waals surface area contributed by atoms with E-state index < -0.39 is 18.6 Å². The first-order chi connectivity index (χ1) is 12.1.